The van der Waals surface area contributed by atoms with E-state index in [2.05, 4.69) is 4.28 Å². The molecule has 0 saturated carbocycles. The van der Waals surface area contributed by atoms with Crippen LogP contribution in [0.4, 0.5) is 5.69 Å². The predicted molar refractivity (Wildman–Crippen MR) is 91.9 cm³/mol. The molecule has 0 aliphatic heterocycles. The average molecular weight is 405 g/mol. The number of nitro benzene ring substituents is 1. The van der Waals surface area contributed by atoms with E-state index >= 15 is 0 Å². The van der Waals surface area contributed by atoms with Gasteiger partial charge in [0, 0.05) is 12.0 Å². The van der Waals surface area contributed by atoms with Crippen molar-refractivity contribution in [3.63, 3.8) is 0 Å². The molecule has 0 spiro atoms. The summed E-state index contributed by atoms with van der Waals surface area (Å²) in [4.78, 5) is 35.7. The second kappa shape index (κ2) is 6.67. The Morgan fingerprint density at radius 1 is 1.38 bits per heavy atom. The summed E-state index contributed by atoms with van der Waals surface area (Å²) in [6.45, 7) is 4.17. The lowest BCUT2D eigenvalue weighted by Gasteiger charge is -2.17. The minimum atomic E-state index is -5.10. The molecule has 1 aromatic carbocycles. The summed E-state index contributed by atoms with van der Waals surface area (Å²) in [7, 11) is -5.10. The molecule has 0 unspecified atom stereocenters. The van der Waals surface area contributed by atoms with Gasteiger partial charge in [0.05, 0.1) is 21.2 Å². The monoisotopic (exact) mass is 404 g/mol. The number of nitro groups is 1. The molecule has 0 aliphatic carbocycles. The number of hydrogen-bond donors (Lipinski definition) is 1. The van der Waals surface area contributed by atoms with Crippen molar-refractivity contribution in [3.05, 3.63) is 48.8 Å². The van der Waals surface area contributed by atoms with Crippen LogP contribution in [-0.2, 0) is 10.4 Å². The van der Waals surface area contributed by atoms with Crippen molar-refractivity contribution >= 4 is 44.4 Å². The Morgan fingerprint density at radius 2 is 1.96 bits per heavy atom. The van der Waals surface area contributed by atoms with Gasteiger partial charge >= 0.3 is 10.4 Å². The lowest BCUT2D eigenvalue weighted by atomic mass is 9.97. The first-order chi connectivity index (χ1) is 11.9. The van der Waals surface area contributed by atoms with Crippen molar-refractivity contribution in [2.24, 2.45) is 5.92 Å². The summed E-state index contributed by atoms with van der Waals surface area (Å²) in [6, 6.07) is 2.01. The van der Waals surface area contributed by atoms with Crippen molar-refractivity contribution in [2.45, 2.75) is 20.8 Å². The highest BCUT2D eigenvalue weighted by Gasteiger charge is 2.29. The molecule has 0 atom stereocenters. The van der Waals surface area contributed by atoms with Crippen LogP contribution < -0.4 is 9.71 Å². The smallest absolute Gasteiger partial charge is 0.294 e. The number of carbonyl (C=O) groups is 1. The number of carbonyl (C=O) groups excluding carboxylic acids is 1. The molecule has 0 radical (unpaired) electrons. The largest absolute Gasteiger partial charge is 0.465 e. The van der Waals surface area contributed by atoms with Crippen molar-refractivity contribution in [2.75, 3.05) is 0 Å². The van der Waals surface area contributed by atoms with E-state index in [9.17, 15) is 28.1 Å². The number of fused-ring (bicyclic) bond motifs is 1. The Bertz CT molecular complexity index is 1100. The van der Waals surface area contributed by atoms with E-state index in [4.69, 9.17) is 16.2 Å². The van der Waals surface area contributed by atoms with Gasteiger partial charge in [0.15, 0.2) is 5.78 Å². The summed E-state index contributed by atoms with van der Waals surface area (Å²) in [5.74, 6) is -1.35. The van der Waals surface area contributed by atoms with E-state index in [1.165, 1.54) is 20.8 Å². The highest BCUT2D eigenvalue weighted by atomic mass is 35.5. The summed E-state index contributed by atoms with van der Waals surface area (Å²) >= 11 is 5.98. The number of ketones is 1. The maximum Gasteiger partial charge on any atom is 0.465 e. The number of rotatable bonds is 5. The summed E-state index contributed by atoms with van der Waals surface area (Å²) in [6.07, 6.45) is 0. The van der Waals surface area contributed by atoms with E-state index in [1.54, 1.807) is 0 Å². The third-order valence-electron chi connectivity index (χ3n) is 3.57. The van der Waals surface area contributed by atoms with Gasteiger partial charge < -0.3 is 0 Å². The molecular weight excluding hydrogens is 392 g/mol. The molecule has 2 aromatic rings. The fourth-order valence-electron chi connectivity index (χ4n) is 2.45. The number of non-ortho nitro benzene ring substituents is 1. The van der Waals surface area contributed by atoms with Crippen LogP contribution in [0.15, 0.2) is 16.9 Å². The molecule has 26 heavy (non-hydrogen) atoms. The zero-order valence-electron chi connectivity index (χ0n) is 13.7. The number of halogens is 1. The Labute approximate surface area is 152 Å². The molecule has 12 heteroatoms. The number of pyridine rings is 1. The van der Waals surface area contributed by atoms with Crippen LogP contribution in [-0.4, -0.2) is 28.4 Å². The number of hydrogen-bond acceptors (Lipinski definition) is 7. The average Bonchev–Trinajstić information content (AvgIpc) is 2.49. The molecule has 10 nitrogen and oxygen atoms in total. The Hall–Kier alpha value is -2.50. The molecule has 140 valence electrons. The Balaban J connectivity index is 3.19. The van der Waals surface area contributed by atoms with Gasteiger partial charge in [-0.1, -0.05) is 25.4 Å². The maximum absolute atomic E-state index is 12.8. The van der Waals surface area contributed by atoms with Gasteiger partial charge in [0.1, 0.15) is 10.9 Å². The fourth-order valence-corrected chi connectivity index (χ4v) is 3.06. The number of nitrogens with zero attached hydrogens (tertiary/aromatic N) is 2. The third kappa shape index (κ3) is 3.41. The van der Waals surface area contributed by atoms with Gasteiger partial charge in [-0.15, -0.1) is 0 Å². The highest BCUT2D eigenvalue weighted by molar-refractivity contribution is 7.81. The quantitative estimate of drug-likeness (QED) is 0.344. The normalized spacial score (nSPS) is 11.8. The van der Waals surface area contributed by atoms with Crippen molar-refractivity contribution in [3.8, 4) is 0 Å². The van der Waals surface area contributed by atoms with Crippen LogP contribution in [0, 0.1) is 23.0 Å². The van der Waals surface area contributed by atoms with Crippen LogP contribution in [0.3, 0.4) is 0 Å². The Morgan fingerprint density at radius 3 is 2.42 bits per heavy atom. The predicted octanol–water partition coefficient (Wildman–Crippen LogP) is 1.94. The topological polar surface area (TPSA) is 146 Å². The molecule has 1 heterocycles. The third-order valence-corrected chi connectivity index (χ3v) is 4.21. The van der Waals surface area contributed by atoms with E-state index in [0.717, 1.165) is 12.1 Å². The van der Waals surface area contributed by atoms with Gasteiger partial charge in [0.2, 0.25) is 5.43 Å². The van der Waals surface area contributed by atoms with Crippen molar-refractivity contribution < 1.29 is 27.0 Å². The van der Waals surface area contributed by atoms with Crippen molar-refractivity contribution in [1.82, 2.24) is 4.73 Å². The van der Waals surface area contributed by atoms with E-state index in [0.29, 0.717) is 4.73 Å². The molecule has 0 saturated heterocycles. The van der Waals surface area contributed by atoms with Gasteiger partial charge in [-0.05, 0) is 13.0 Å². The fraction of sp³-hybridized carbons (Fsp3) is 0.286. The summed E-state index contributed by atoms with van der Waals surface area (Å²) in [5, 5.41) is 10.4. The first-order valence-electron chi connectivity index (χ1n) is 7.10. The van der Waals surface area contributed by atoms with Gasteiger partial charge in [-0.25, -0.2) is 0 Å². The van der Waals surface area contributed by atoms with E-state index < -0.39 is 54.6 Å². The molecule has 1 N–H and O–H groups in total. The summed E-state index contributed by atoms with van der Waals surface area (Å²) in [5.41, 5.74) is -2.91. The Kier molecular flexibility index (Phi) is 5.08. The molecule has 0 bridgehead atoms. The van der Waals surface area contributed by atoms with Gasteiger partial charge in [0.25, 0.3) is 5.69 Å². The lowest BCUT2D eigenvalue weighted by Crippen LogP contribution is -2.30. The zero-order chi connectivity index (χ0) is 20.0. The SMILES string of the molecule is Cc1c(C(=O)C(C)C)c(=O)c2c([N+](=O)[O-])ccc(Cl)c2n1OS(=O)(=O)O. The lowest BCUT2D eigenvalue weighted by molar-refractivity contribution is -0.383. The standard InChI is InChI=1S/C14H13ClN2O8S/c1-6(2)13(18)10-7(3)16(25-26(22,23)24)12-8(15)4-5-9(17(20)21)11(12)14(10)19/h4-6H,1-3H3,(H,22,23,24). The molecule has 0 fully saturated rings. The molecular formula is C14H13ClN2O8S. The van der Waals surface area contributed by atoms with Crippen LogP contribution >= 0.6 is 11.6 Å². The first kappa shape index (κ1) is 19.8. The second-order valence-electron chi connectivity index (χ2n) is 5.65. The second-order valence-corrected chi connectivity index (χ2v) is 7.06. The van der Waals surface area contributed by atoms with Crippen LogP contribution in [0.5, 0.6) is 0 Å². The van der Waals surface area contributed by atoms with Gasteiger partial charge in [-0.2, -0.15) is 13.1 Å². The van der Waals surface area contributed by atoms with Gasteiger partial charge in [-0.3, -0.25) is 28.5 Å². The number of benzene rings is 1. The zero-order valence-corrected chi connectivity index (χ0v) is 15.3. The molecule has 0 amide bonds. The van der Waals surface area contributed by atoms with Crippen LogP contribution in [0.1, 0.15) is 29.9 Å². The minimum Gasteiger partial charge on any atom is -0.294 e. The van der Waals surface area contributed by atoms with E-state index in [-0.39, 0.29) is 10.7 Å². The molecule has 2 rings (SSSR count). The highest BCUT2D eigenvalue weighted by Crippen LogP contribution is 2.31. The van der Waals surface area contributed by atoms with Crippen LogP contribution in [0.25, 0.3) is 10.9 Å². The maximum atomic E-state index is 12.8. The van der Waals surface area contributed by atoms with E-state index in [1.807, 2.05) is 0 Å². The first-order valence-corrected chi connectivity index (χ1v) is 8.85. The molecule has 0 aliphatic rings. The van der Waals surface area contributed by atoms with Crippen LogP contribution in [0.2, 0.25) is 5.02 Å². The summed E-state index contributed by atoms with van der Waals surface area (Å²) < 4.78 is 36.3. The number of aromatic nitrogens is 1. The minimum absolute atomic E-state index is 0.252. The van der Waals surface area contributed by atoms with Crippen molar-refractivity contribution in [1.29, 1.82) is 0 Å². The number of Topliss-reactive ketones (excluding diaryl/α,β-unsaturated/α-hetero) is 1. The molecule has 1 aromatic heterocycles.